The summed E-state index contributed by atoms with van der Waals surface area (Å²) in [6.45, 7) is 3.85. The lowest BCUT2D eigenvalue weighted by Gasteiger charge is -2.19. The van der Waals surface area contributed by atoms with Crippen LogP contribution in [0.5, 0.6) is 5.75 Å². The topological polar surface area (TPSA) is 88.8 Å². The molecule has 1 amide bonds. The van der Waals surface area contributed by atoms with E-state index in [-0.39, 0.29) is 17.6 Å². The van der Waals surface area contributed by atoms with Gasteiger partial charge in [-0.2, -0.15) is 0 Å². The van der Waals surface area contributed by atoms with Crippen LogP contribution >= 0.6 is 11.8 Å². The molecule has 8 heteroatoms. The highest BCUT2D eigenvalue weighted by Gasteiger charge is 2.26. The number of benzene rings is 2. The lowest BCUT2D eigenvalue weighted by atomic mass is 9.93. The minimum absolute atomic E-state index is 0.176. The largest absolute Gasteiger partial charge is 0.497 e. The van der Waals surface area contributed by atoms with Crippen LogP contribution in [0.3, 0.4) is 0 Å². The third-order valence-corrected chi connectivity index (χ3v) is 5.79. The molecule has 162 valence electrons. The van der Waals surface area contributed by atoms with Gasteiger partial charge in [0.25, 0.3) is 0 Å². The fourth-order valence-corrected chi connectivity index (χ4v) is 4.08. The Labute approximate surface area is 191 Å². The Morgan fingerprint density at radius 1 is 1.03 bits per heavy atom. The highest BCUT2D eigenvalue weighted by molar-refractivity contribution is 7.99. The number of amidine groups is 1. The Bertz CT molecular complexity index is 1190. The van der Waals surface area contributed by atoms with E-state index in [1.54, 1.807) is 13.3 Å². The molecule has 3 aromatic rings. The number of aromatic nitrogens is 2. The van der Waals surface area contributed by atoms with Crippen molar-refractivity contribution in [1.29, 1.82) is 0 Å². The molecule has 0 spiro atoms. The van der Waals surface area contributed by atoms with Gasteiger partial charge in [-0.25, -0.2) is 15.0 Å². The van der Waals surface area contributed by atoms with Crippen molar-refractivity contribution in [3.8, 4) is 5.75 Å². The maximum absolute atomic E-state index is 12.8. The molecule has 4 rings (SSSR count). The molecule has 0 unspecified atom stereocenters. The van der Waals surface area contributed by atoms with E-state index >= 15 is 0 Å². The van der Waals surface area contributed by atoms with Crippen molar-refractivity contribution >= 4 is 40.6 Å². The molecular formula is C24H23N5O2S. The van der Waals surface area contributed by atoms with Gasteiger partial charge in [0.15, 0.2) is 5.16 Å². The molecule has 0 bridgehead atoms. The third kappa shape index (κ3) is 5.03. The van der Waals surface area contributed by atoms with Gasteiger partial charge in [-0.05, 0) is 49.7 Å². The van der Waals surface area contributed by atoms with Gasteiger partial charge in [0.2, 0.25) is 5.91 Å². The number of amides is 1. The Morgan fingerprint density at radius 2 is 1.75 bits per heavy atom. The number of nitrogens with one attached hydrogen (secondary N) is 1. The maximum Gasteiger partial charge on any atom is 0.235 e. The zero-order valence-corrected chi connectivity index (χ0v) is 18.9. The molecule has 1 atom stereocenters. The van der Waals surface area contributed by atoms with Gasteiger partial charge in [0, 0.05) is 17.6 Å². The Morgan fingerprint density at radius 3 is 2.44 bits per heavy atom. The first kappa shape index (κ1) is 21.7. The second-order valence-corrected chi connectivity index (χ2v) is 8.21. The summed E-state index contributed by atoms with van der Waals surface area (Å²) in [7, 11) is 1.63. The first-order valence-corrected chi connectivity index (χ1v) is 11.1. The first-order chi connectivity index (χ1) is 15.5. The van der Waals surface area contributed by atoms with Crippen LogP contribution in [0.4, 0.5) is 11.4 Å². The quantitative estimate of drug-likeness (QED) is 0.457. The lowest BCUT2D eigenvalue weighted by molar-refractivity contribution is -0.117. The highest BCUT2D eigenvalue weighted by atomic mass is 32.2. The smallest absolute Gasteiger partial charge is 0.235 e. The van der Waals surface area contributed by atoms with E-state index in [2.05, 4.69) is 15.3 Å². The zero-order valence-electron chi connectivity index (χ0n) is 18.1. The number of nitrogens with zero attached hydrogens (tertiary/aromatic N) is 4. The molecule has 0 fully saturated rings. The number of methoxy groups -OCH3 is 1. The van der Waals surface area contributed by atoms with E-state index in [1.807, 2.05) is 68.4 Å². The molecule has 1 aromatic heterocycles. The summed E-state index contributed by atoms with van der Waals surface area (Å²) >= 11 is 1.29. The van der Waals surface area contributed by atoms with E-state index < -0.39 is 0 Å². The van der Waals surface area contributed by atoms with Crippen LogP contribution in [0.15, 0.2) is 75.9 Å². The SMILES string of the molecule is COc1ccc([C@@H]2C(C)=Nc3ccccc3N=C2NC(=O)CSc2nccc(C)n2)cc1. The standard InChI is InChI=1S/C24H23N5O2S/c1-15-12-13-25-24(26-15)32-14-21(30)29-23-22(17-8-10-18(31-3)11-9-17)16(2)27-19-6-4-5-7-20(19)28-23/h4-13,22H,14H2,1-3H3,(H,28,29,30)/t22-/m0/s1. The number of carbonyl (C=O) groups is 1. The van der Waals surface area contributed by atoms with Gasteiger partial charge in [-0.3, -0.25) is 9.79 Å². The Hall–Kier alpha value is -3.52. The van der Waals surface area contributed by atoms with Crippen LogP contribution < -0.4 is 10.1 Å². The molecule has 2 aromatic carbocycles. The molecule has 0 saturated heterocycles. The molecule has 1 N–H and O–H groups in total. The molecule has 1 aliphatic heterocycles. The average Bonchev–Trinajstić information content (AvgIpc) is 2.93. The van der Waals surface area contributed by atoms with Crippen LogP contribution in [0.1, 0.15) is 24.1 Å². The van der Waals surface area contributed by atoms with Gasteiger partial charge in [0.05, 0.1) is 30.2 Å². The van der Waals surface area contributed by atoms with Gasteiger partial charge < -0.3 is 10.1 Å². The van der Waals surface area contributed by atoms with Gasteiger partial charge in [-0.1, -0.05) is 36.0 Å². The van der Waals surface area contributed by atoms with E-state index in [0.717, 1.165) is 28.4 Å². The van der Waals surface area contributed by atoms with Gasteiger partial charge in [-0.15, -0.1) is 0 Å². The number of fused-ring (bicyclic) bond motifs is 1. The molecule has 0 radical (unpaired) electrons. The summed E-state index contributed by atoms with van der Waals surface area (Å²) in [6.07, 6.45) is 1.69. The second-order valence-electron chi connectivity index (χ2n) is 7.26. The van der Waals surface area contributed by atoms with Crippen LogP contribution in [-0.2, 0) is 4.79 Å². The number of carbonyl (C=O) groups excluding carboxylic acids is 1. The summed E-state index contributed by atoms with van der Waals surface area (Å²) < 4.78 is 5.29. The molecule has 2 heterocycles. The van der Waals surface area contributed by atoms with E-state index in [1.165, 1.54) is 11.8 Å². The van der Waals surface area contributed by atoms with Gasteiger partial charge >= 0.3 is 0 Å². The van der Waals surface area contributed by atoms with Crippen molar-refractivity contribution in [1.82, 2.24) is 15.3 Å². The van der Waals surface area contributed by atoms with Crippen LogP contribution in [0.25, 0.3) is 0 Å². The van der Waals surface area contributed by atoms with Crippen molar-refractivity contribution < 1.29 is 9.53 Å². The number of aliphatic imine (C=N–C) groups is 2. The summed E-state index contributed by atoms with van der Waals surface area (Å²) in [5.74, 6) is 1.01. The van der Waals surface area contributed by atoms with Crippen molar-refractivity contribution in [3.63, 3.8) is 0 Å². The molecule has 7 nitrogen and oxygen atoms in total. The maximum atomic E-state index is 12.8. The summed E-state index contributed by atoms with van der Waals surface area (Å²) in [5.41, 5.74) is 4.16. The second kappa shape index (κ2) is 9.74. The monoisotopic (exact) mass is 445 g/mol. The summed E-state index contributed by atoms with van der Waals surface area (Å²) in [6, 6.07) is 17.2. The minimum Gasteiger partial charge on any atom is -0.497 e. The highest BCUT2D eigenvalue weighted by Crippen LogP contribution is 2.34. The van der Waals surface area contributed by atoms with Gasteiger partial charge in [0.1, 0.15) is 11.6 Å². The Balaban J connectivity index is 1.62. The van der Waals surface area contributed by atoms with Crippen molar-refractivity contribution in [2.24, 2.45) is 9.98 Å². The molecule has 0 aliphatic carbocycles. The zero-order chi connectivity index (χ0) is 22.5. The van der Waals surface area contributed by atoms with Crippen molar-refractivity contribution in [3.05, 3.63) is 72.1 Å². The normalized spacial score (nSPS) is 15.2. The molecular weight excluding hydrogens is 422 g/mol. The predicted octanol–water partition coefficient (Wildman–Crippen LogP) is 4.62. The number of hydrogen-bond acceptors (Lipinski definition) is 7. The number of thioether (sulfide) groups is 1. The Kier molecular flexibility index (Phi) is 6.61. The molecule has 0 saturated carbocycles. The van der Waals surface area contributed by atoms with E-state index in [0.29, 0.717) is 16.7 Å². The van der Waals surface area contributed by atoms with Crippen LogP contribution in [-0.4, -0.2) is 40.3 Å². The average molecular weight is 446 g/mol. The van der Waals surface area contributed by atoms with Crippen molar-refractivity contribution in [2.45, 2.75) is 24.9 Å². The molecule has 32 heavy (non-hydrogen) atoms. The van der Waals surface area contributed by atoms with E-state index in [9.17, 15) is 4.79 Å². The van der Waals surface area contributed by atoms with E-state index in [4.69, 9.17) is 14.7 Å². The summed E-state index contributed by atoms with van der Waals surface area (Å²) in [5, 5.41) is 3.58. The lowest BCUT2D eigenvalue weighted by Crippen LogP contribution is -2.38. The van der Waals surface area contributed by atoms with Crippen LogP contribution in [0, 0.1) is 6.92 Å². The number of para-hydroxylation sites is 2. The third-order valence-electron chi connectivity index (χ3n) is 4.93. The number of ether oxygens (including phenoxy) is 1. The summed E-state index contributed by atoms with van der Waals surface area (Å²) in [4.78, 5) is 31.0. The van der Waals surface area contributed by atoms with Crippen molar-refractivity contribution in [2.75, 3.05) is 12.9 Å². The first-order valence-electron chi connectivity index (χ1n) is 10.1. The fraction of sp³-hybridized carbons (Fsp3) is 0.208. The predicted molar refractivity (Wildman–Crippen MR) is 128 cm³/mol. The number of hydrogen-bond donors (Lipinski definition) is 1. The minimum atomic E-state index is -0.294. The fourth-order valence-electron chi connectivity index (χ4n) is 3.40. The van der Waals surface area contributed by atoms with Crippen LogP contribution in [0.2, 0.25) is 0 Å². The number of rotatable bonds is 5. The number of aryl methyl sites for hydroxylation is 1. The molecule has 1 aliphatic rings.